The minimum absolute atomic E-state index is 0.0106. The number of aryl methyl sites for hydroxylation is 2. The van der Waals surface area contributed by atoms with Gasteiger partial charge in [-0.3, -0.25) is 9.59 Å². The molecule has 0 bridgehead atoms. The van der Waals surface area contributed by atoms with Crippen molar-refractivity contribution in [3.63, 3.8) is 0 Å². The van der Waals surface area contributed by atoms with Crippen molar-refractivity contribution in [2.45, 2.75) is 45.4 Å². The zero-order valence-electron chi connectivity index (χ0n) is 16.3. The summed E-state index contributed by atoms with van der Waals surface area (Å²) in [6.45, 7) is 4.78. The van der Waals surface area contributed by atoms with Crippen molar-refractivity contribution >= 4 is 22.7 Å². The number of para-hydroxylation sites is 2. The van der Waals surface area contributed by atoms with Crippen LogP contribution in [0.4, 0.5) is 0 Å². The summed E-state index contributed by atoms with van der Waals surface area (Å²) in [6.07, 6.45) is 2.90. The highest BCUT2D eigenvalue weighted by atomic mass is 16.3. The topological polar surface area (TPSA) is 79.2 Å². The average molecular weight is 379 g/mol. The van der Waals surface area contributed by atoms with Crippen LogP contribution in [-0.4, -0.2) is 39.6 Å². The molecule has 1 fully saturated rings. The normalized spacial score (nSPS) is 17.2. The number of imidazole rings is 1. The van der Waals surface area contributed by atoms with Gasteiger partial charge in [0.05, 0.1) is 16.6 Å². The number of rotatable bonds is 5. The van der Waals surface area contributed by atoms with Gasteiger partial charge >= 0.3 is 0 Å². The van der Waals surface area contributed by atoms with Crippen molar-refractivity contribution in [2.24, 2.45) is 0 Å². The van der Waals surface area contributed by atoms with Crippen LogP contribution in [0.3, 0.4) is 0 Å². The summed E-state index contributed by atoms with van der Waals surface area (Å²) in [5.41, 5.74) is 2.61. The number of aromatic amines is 1. The highest BCUT2D eigenvalue weighted by Crippen LogP contribution is 2.27. The molecule has 1 saturated heterocycles. The van der Waals surface area contributed by atoms with Crippen LogP contribution in [0, 0.1) is 6.92 Å². The Morgan fingerprint density at radius 3 is 2.89 bits per heavy atom. The van der Waals surface area contributed by atoms with Crippen LogP contribution < -0.4 is 0 Å². The van der Waals surface area contributed by atoms with Crippen LogP contribution in [0.5, 0.6) is 0 Å². The lowest BCUT2D eigenvalue weighted by Crippen LogP contribution is -2.39. The van der Waals surface area contributed by atoms with Crippen molar-refractivity contribution in [1.29, 1.82) is 0 Å². The first-order valence-electron chi connectivity index (χ1n) is 9.84. The molecule has 1 atom stereocenters. The smallest absolute Gasteiger partial charge is 0.223 e. The number of hydrogen-bond acceptors (Lipinski definition) is 4. The monoisotopic (exact) mass is 379 g/mol. The number of piperidine rings is 1. The summed E-state index contributed by atoms with van der Waals surface area (Å²) in [7, 11) is 0. The Hall–Kier alpha value is -2.89. The number of nitrogens with zero attached hydrogens (tertiary/aromatic N) is 2. The van der Waals surface area contributed by atoms with Gasteiger partial charge in [-0.05, 0) is 44.9 Å². The third-order valence-corrected chi connectivity index (χ3v) is 5.50. The maximum atomic E-state index is 12.7. The Kier molecular flexibility index (Phi) is 5.03. The summed E-state index contributed by atoms with van der Waals surface area (Å²) >= 11 is 0. The Morgan fingerprint density at radius 2 is 2.14 bits per heavy atom. The summed E-state index contributed by atoms with van der Waals surface area (Å²) in [5, 5.41) is 0. The number of likely N-dealkylation sites (tertiary alicyclic amines) is 1. The highest BCUT2D eigenvalue weighted by Gasteiger charge is 2.26. The lowest BCUT2D eigenvalue weighted by atomic mass is 9.97. The Balaban J connectivity index is 1.39. The third-order valence-electron chi connectivity index (χ3n) is 5.50. The standard InChI is InChI=1S/C22H25N3O3/c1-14(26)18-12-17(28-15(18)2)9-10-21(27)25-11-5-6-16(13-25)22-23-19-7-3-4-8-20(19)24-22/h3-4,7-8,12,16H,5-6,9-11,13H2,1-2H3,(H,23,24)/t16-/m0/s1. The molecule has 6 heteroatoms. The maximum Gasteiger partial charge on any atom is 0.223 e. The summed E-state index contributed by atoms with van der Waals surface area (Å²) < 4.78 is 5.63. The van der Waals surface area contributed by atoms with Crippen LogP contribution in [-0.2, 0) is 11.2 Å². The fraction of sp³-hybridized carbons (Fsp3) is 0.409. The summed E-state index contributed by atoms with van der Waals surface area (Å²) in [4.78, 5) is 34.3. The lowest BCUT2D eigenvalue weighted by molar-refractivity contribution is -0.132. The average Bonchev–Trinajstić information content (AvgIpc) is 3.29. The van der Waals surface area contributed by atoms with E-state index >= 15 is 0 Å². The summed E-state index contributed by atoms with van der Waals surface area (Å²) in [5.74, 6) is 2.63. The molecule has 6 nitrogen and oxygen atoms in total. The molecule has 28 heavy (non-hydrogen) atoms. The molecular weight excluding hydrogens is 354 g/mol. The Bertz CT molecular complexity index is 984. The second kappa shape index (κ2) is 7.62. The van der Waals surface area contributed by atoms with E-state index in [0.29, 0.717) is 36.5 Å². The van der Waals surface area contributed by atoms with E-state index in [1.165, 1.54) is 6.92 Å². The van der Waals surface area contributed by atoms with Gasteiger partial charge in [-0.2, -0.15) is 0 Å². The number of Topliss-reactive ketones (excluding diaryl/α,β-unsaturated/α-hetero) is 1. The van der Waals surface area contributed by atoms with Crippen molar-refractivity contribution in [2.75, 3.05) is 13.1 Å². The van der Waals surface area contributed by atoms with Gasteiger partial charge in [0.25, 0.3) is 0 Å². The first kappa shape index (κ1) is 18.5. The third kappa shape index (κ3) is 3.72. The number of benzene rings is 1. The second-order valence-electron chi connectivity index (χ2n) is 7.56. The number of carbonyl (C=O) groups is 2. The molecule has 2 aromatic heterocycles. The minimum atomic E-state index is -0.0106. The molecule has 1 N–H and O–H groups in total. The van der Waals surface area contributed by atoms with E-state index in [2.05, 4.69) is 4.98 Å². The van der Waals surface area contributed by atoms with Gasteiger partial charge in [-0.1, -0.05) is 12.1 Å². The number of H-pyrrole nitrogens is 1. The van der Waals surface area contributed by atoms with Crippen LogP contribution in [0.2, 0.25) is 0 Å². The predicted molar refractivity (Wildman–Crippen MR) is 106 cm³/mol. The van der Waals surface area contributed by atoms with Crippen LogP contribution >= 0.6 is 0 Å². The van der Waals surface area contributed by atoms with E-state index < -0.39 is 0 Å². The summed E-state index contributed by atoms with van der Waals surface area (Å²) in [6, 6.07) is 9.77. The molecule has 3 aromatic rings. The van der Waals surface area contributed by atoms with Gasteiger partial charge in [0.2, 0.25) is 5.91 Å². The molecule has 0 unspecified atom stereocenters. The van der Waals surface area contributed by atoms with E-state index in [-0.39, 0.29) is 17.6 Å². The van der Waals surface area contributed by atoms with Gasteiger partial charge in [-0.25, -0.2) is 4.98 Å². The van der Waals surface area contributed by atoms with Crippen LogP contribution in [0.1, 0.15) is 59.8 Å². The van der Waals surface area contributed by atoms with E-state index in [4.69, 9.17) is 9.40 Å². The maximum absolute atomic E-state index is 12.7. The van der Waals surface area contributed by atoms with Crippen molar-refractivity contribution < 1.29 is 14.0 Å². The fourth-order valence-electron chi connectivity index (χ4n) is 4.00. The molecule has 0 aliphatic carbocycles. The number of hydrogen-bond donors (Lipinski definition) is 1. The van der Waals surface area contributed by atoms with Crippen molar-refractivity contribution in [3.05, 3.63) is 53.2 Å². The van der Waals surface area contributed by atoms with E-state index in [1.807, 2.05) is 29.2 Å². The first-order chi connectivity index (χ1) is 13.5. The number of fused-ring (bicyclic) bond motifs is 1. The van der Waals surface area contributed by atoms with Gasteiger partial charge < -0.3 is 14.3 Å². The number of furan rings is 1. The van der Waals surface area contributed by atoms with E-state index in [9.17, 15) is 9.59 Å². The number of nitrogens with one attached hydrogen (secondary N) is 1. The molecule has 1 amide bonds. The largest absolute Gasteiger partial charge is 0.466 e. The van der Waals surface area contributed by atoms with Crippen LogP contribution in [0.15, 0.2) is 34.7 Å². The van der Waals surface area contributed by atoms with Crippen LogP contribution in [0.25, 0.3) is 11.0 Å². The number of amides is 1. The molecular formula is C22H25N3O3. The fourth-order valence-corrected chi connectivity index (χ4v) is 4.00. The number of ketones is 1. The SMILES string of the molecule is CC(=O)c1cc(CCC(=O)N2CCC[C@H](c3nc4ccccc4[nH]3)C2)oc1C. The van der Waals surface area contributed by atoms with E-state index in [1.54, 1.807) is 13.0 Å². The Morgan fingerprint density at radius 1 is 1.32 bits per heavy atom. The van der Waals surface area contributed by atoms with Crippen molar-refractivity contribution in [3.8, 4) is 0 Å². The first-order valence-corrected chi connectivity index (χ1v) is 9.84. The van der Waals surface area contributed by atoms with Gasteiger partial charge in [0, 0.05) is 31.8 Å². The molecule has 1 aliphatic rings. The molecule has 0 saturated carbocycles. The molecule has 4 rings (SSSR count). The van der Waals surface area contributed by atoms with Crippen molar-refractivity contribution in [1.82, 2.24) is 14.9 Å². The zero-order chi connectivity index (χ0) is 19.7. The zero-order valence-corrected chi connectivity index (χ0v) is 16.3. The Labute approximate surface area is 163 Å². The van der Waals surface area contributed by atoms with E-state index in [0.717, 1.165) is 36.2 Å². The van der Waals surface area contributed by atoms with Gasteiger partial charge in [0.15, 0.2) is 5.78 Å². The highest BCUT2D eigenvalue weighted by molar-refractivity contribution is 5.95. The molecule has 146 valence electrons. The minimum Gasteiger partial charge on any atom is -0.466 e. The van der Waals surface area contributed by atoms with Gasteiger partial charge in [0.1, 0.15) is 17.3 Å². The molecule has 1 aromatic carbocycles. The lowest BCUT2D eigenvalue weighted by Gasteiger charge is -2.32. The quantitative estimate of drug-likeness (QED) is 0.680. The predicted octanol–water partition coefficient (Wildman–Crippen LogP) is 4.01. The van der Waals surface area contributed by atoms with Gasteiger partial charge in [-0.15, -0.1) is 0 Å². The number of carbonyl (C=O) groups excluding carboxylic acids is 2. The molecule has 0 spiro atoms. The molecule has 1 aliphatic heterocycles. The second-order valence-corrected chi connectivity index (χ2v) is 7.56. The number of aromatic nitrogens is 2. The molecule has 0 radical (unpaired) electrons. The molecule has 3 heterocycles.